The number of thiazole rings is 1. The smallest absolute Gasteiger partial charge is 0.351 e. The van der Waals surface area contributed by atoms with Gasteiger partial charge in [-0.3, -0.25) is 4.79 Å². The fourth-order valence-corrected chi connectivity index (χ4v) is 2.88. The highest BCUT2D eigenvalue weighted by Gasteiger charge is 2.30. The van der Waals surface area contributed by atoms with Crippen molar-refractivity contribution in [3.63, 3.8) is 0 Å². The molecule has 1 atom stereocenters. The number of rotatable bonds is 5. The zero-order valence-corrected chi connectivity index (χ0v) is 13.6. The second kappa shape index (κ2) is 7.12. The summed E-state index contributed by atoms with van der Waals surface area (Å²) in [5.74, 6) is -0.288. The molecule has 3 nitrogen and oxygen atoms in total. The highest BCUT2D eigenvalue weighted by Crippen LogP contribution is 2.30. The van der Waals surface area contributed by atoms with Gasteiger partial charge >= 0.3 is 6.18 Å². The Balaban J connectivity index is 1.88. The molecule has 1 aromatic heterocycles. The standard InChI is InChI=1S/C16H17F3N2OS/c1-10(12-3-5-13(6-4-12)16(17,18)19)7-15(22)21-9-14-8-20-11(2)23-14/h3-6,8,10H,7,9H2,1-2H3,(H,21,22). The van der Waals surface area contributed by atoms with Crippen LogP contribution in [0.4, 0.5) is 13.2 Å². The largest absolute Gasteiger partial charge is 0.416 e. The van der Waals surface area contributed by atoms with Crippen LogP contribution in [0.5, 0.6) is 0 Å². The Hall–Kier alpha value is -1.89. The highest BCUT2D eigenvalue weighted by atomic mass is 32.1. The molecule has 1 unspecified atom stereocenters. The first-order chi connectivity index (χ1) is 10.8. The molecular formula is C16H17F3N2OS. The van der Waals surface area contributed by atoms with Crippen LogP contribution in [0.15, 0.2) is 30.5 Å². The summed E-state index contributed by atoms with van der Waals surface area (Å²) in [6, 6.07) is 4.94. The van der Waals surface area contributed by atoms with Crippen molar-refractivity contribution in [2.45, 2.75) is 38.9 Å². The highest BCUT2D eigenvalue weighted by molar-refractivity contribution is 7.11. The molecule has 0 aliphatic heterocycles. The predicted molar refractivity (Wildman–Crippen MR) is 83.2 cm³/mol. The number of benzene rings is 1. The molecule has 1 aromatic carbocycles. The lowest BCUT2D eigenvalue weighted by Crippen LogP contribution is -2.23. The Morgan fingerprint density at radius 2 is 1.96 bits per heavy atom. The number of nitrogens with zero attached hydrogens (tertiary/aromatic N) is 1. The van der Waals surface area contributed by atoms with Gasteiger partial charge in [0.1, 0.15) is 0 Å². The molecule has 124 valence electrons. The van der Waals surface area contributed by atoms with E-state index in [1.807, 2.05) is 13.8 Å². The molecule has 1 N–H and O–H groups in total. The third-order valence-corrected chi connectivity index (χ3v) is 4.34. The van der Waals surface area contributed by atoms with Crippen molar-refractivity contribution in [1.82, 2.24) is 10.3 Å². The van der Waals surface area contributed by atoms with Crippen LogP contribution in [0.25, 0.3) is 0 Å². The maximum atomic E-state index is 12.5. The Morgan fingerprint density at radius 3 is 2.48 bits per heavy atom. The lowest BCUT2D eigenvalue weighted by atomic mass is 9.96. The van der Waals surface area contributed by atoms with Crippen LogP contribution >= 0.6 is 11.3 Å². The normalized spacial score (nSPS) is 12.9. The first kappa shape index (κ1) is 17.5. The van der Waals surface area contributed by atoms with Crippen LogP contribution in [0.1, 0.15) is 40.3 Å². The summed E-state index contributed by atoms with van der Waals surface area (Å²) in [5, 5.41) is 3.74. The molecule has 1 amide bonds. The fourth-order valence-electron chi connectivity index (χ4n) is 2.14. The van der Waals surface area contributed by atoms with Gasteiger partial charge < -0.3 is 5.32 Å². The third-order valence-electron chi connectivity index (χ3n) is 3.43. The summed E-state index contributed by atoms with van der Waals surface area (Å²) in [6.07, 6.45) is -2.39. The van der Waals surface area contributed by atoms with Crippen LogP contribution in [0, 0.1) is 6.92 Å². The fraction of sp³-hybridized carbons (Fsp3) is 0.375. The van der Waals surface area contributed by atoms with Crippen LogP contribution in [0.2, 0.25) is 0 Å². The van der Waals surface area contributed by atoms with E-state index < -0.39 is 11.7 Å². The lowest BCUT2D eigenvalue weighted by molar-refractivity contribution is -0.137. The average Bonchev–Trinajstić information content (AvgIpc) is 2.90. The Kier molecular flexibility index (Phi) is 5.41. The van der Waals surface area contributed by atoms with Crippen LogP contribution < -0.4 is 5.32 Å². The number of nitrogens with one attached hydrogen (secondary N) is 1. The zero-order chi connectivity index (χ0) is 17.0. The van der Waals surface area contributed by atoms with Gasteiger partial charge in [-0.2, -0.15) is 13.2 Å². The molecular weight excluding hydrogens is 325 g/mol. The topological polar surface area (TPSA) is 42.0 Å². The van der Waals surface area contributed by atoms with Crippen LogP contribution in [-0.4, -0.2) is 10.9 Å². The maximum Gasteiger partial charge on any atom is 0.416 e. The average molecular weight is 342 g/mol. The summed E-state index contributed by atoms with van der Waals surface area (Å²) < 4.78 is 37.6. The molecule has 0 radical (unpaired) electrons. The van der Waals surface area contributed by atoms with E-state index in [0.717, 1.165) is 22.0 Å². The van der Waals surface area contributed by atoms with E-state index in [4.69, 9.17) is 0 Å². The first-order valence-corrected chi connectivity index (χ1v) is 7.92. The van der Waals surface area contributed by atoms with Gasteiger partial charge in [-0.25, -0.2) is 4.98 Å². The summed E-state index contributed by atoms with van der Waals surface area (Å²) in [7, 11) is 0. The minimum absolute atomic E-state index is 0.136. The van der Waals surface area contributed by atoms with E-state index in [-0.39, 0.29) is 18.2 Å². The molecule has 0 aliphatic carbocycles. The SMILES string of the molecule is Cc1ncc(CNC(=O)CC(C)c2ccc(C(F)(F)F)cc2)s1. The number of amides is 1. The minimum Gasteiger partial charge on any atom is -0.351 e. The van der Waals surface area contributed by atoms with Crippen molar-refractivity contribution < 1.29 is 18.0 Å². The van der Waals surface area contributed by atoms with Crippen molar-refractivity contribution in [2.24, 2.45) is 0 Å². The third kappa shape index (κ3) is 5.06. The molecule has 0 spiro atoms. The van der Waals surface area contributed by atoms with E-state index in [1.165, 1.54) is 23.5 Å². The molecule has 2 aromatic rings. The lowest BCUT2D eigenvalue weighted by Gasteiger charge is -2.13. The van der Waals surface area contributed by atoms with Gasteiger partial charge in [0, 0.05) is 17.5 Å². The second-order valence-corrected chi connectivity index (χ2v) is 6.67. The number of halogens is 3. The van der Waals surface area contributed by atoms with E-state index in [1.54, 1.807) is 6.20 Å². The van der Waals surface area contributed by atoms with Crippen molar-refractivity contribution in [1.29, 1.82) is 0 Å². The summed E-state index contributed by atoms with van der Waals surface area (Å²) >= 11 is 1.52. The van der Waals surface area contributed by atoms with E-state index in [2.05, 4.69) is 10.3 Å². The quantitative estimate of drug-likeness (QED) is 0.881. The Morgan fingerprint density at radius 1 is 1.30 bits per heavy atom. The molecule has 7 heteroatoms. The monoisotopic (exact) mass is 342 g/mol. The van der Waals surface area contributed by atoms with Crippen LogP contribution in [0.3, 0.4) is 0 Å². The first-order valence-electron chi connectivity index (χ1n) is 7.11. The zero-order valence-electron chi connectivity index (χ0n) is 12.8. The molecule has 1 heterocycles. The molecule has 0 saturated heterocycles. The van der Waals surface area contributed by atoms with Gasteiger partial charge in [-0.1, -0.05) is 19.1 Å². The van der Waals surface area contributed by atoms with Crippen molar-refractivity contribution in [2.75, 3.05) is 0 Å². The van der Waals surface area contributed by atoms with Crippen molar-refractivity contribution in [3.05, 3.63) is 51.5 Å². The molecule has 0 bridgehead atoms. The summed E-state index contributed by atoms with van der Waals surface area (Å²) in [5.41, 5.74) is 0.0280. The predicted octanol–water partition coefficient (Wildman–Crippen LogP) is 4.28. The second-order valence-electron chi connectivity index (χ2n) is 5.35. The number of hydrogen-bond donors (Lipinski definition) is 1. The van der Waals surface area contributed by atoms with E-state index >= 15 is 0 Å². The summed E-state index contributed by atoms with van der Waals surface area (Å²) in [4.78, 5) is 17.0. The number of carbonyl (C=O) groups excluding carboxylic acids is 1. The number of alkyl halides is 3. The molecule has 0 fully saturated rings. The van der Waals surface area contributed by atoms with Crippen molar-refractivity contribution >= 4 is 17.2 Å². The summed E-state index contributed by atoms with van der Waals surface area (Å²) in [6.45, 7) is 4.13. The van der Waals surface area contributed by atoms with E-state index in [9.17, 15) is 18.0 Å². The van der Waals surface area contributed by atoms with Gasteiger partial charge in [-0.05, 0) is 30.5 Å². The molecule has 0 saturated carbocycles. The van der Waals surface area contributed by atoms with Gasteiger partial charge in [0.2, 0.25) is 5.91 Å². The number of aromatic nitrogens is 1. The van der Waals surface area contributed by atoms with Gasteiger partial charge in [-0.15, -0.1) is 11.3 Å². The number of hydrogen-bond acceptors (Lipinski definition) is 3. The molecule has 0 aliphatic rings. The van der Waals surface area contributed by atoms with Gasteiger partial charge in [0.05, 0.1) is 17.1 Å². The Bertz CT molecular complexity index is 665. The number of aryl methyl sites for hydroxylation is 1. The Labute approximate surface area is 136 Å². The number of carbonyl (C=O) groups is 1. The minimum atomic E-state index is -4.34. The van der Waals surface area contributed by atoms with Crippen LogP contribution in [-0.2, 0) is 17.5 Å². The van der Waals surface area contributed by atoms with Gasteiger partial charge in [0.15, 0.2) is 0 Å². The molecule has 2 rings (SSSR count). The van der Waals surface area contributed by atoms with Crippen molar-refractivity contribution in [3.8, 4) is 0 Å². The maximum absolute atomic E-state index is 12.5. The molecule has 23 heavy (non-hydrogen) atoms. The van der Waals surface area contributed by atoms with E-state index in [0.29, 0.717) is 12.1 Å². The van der Waals surface area contributed by atoms with Gasteiger partial charge in [0.25, 0.3) is 0 Å².